The number of aliphatic imine (C=N–C) groups is 1. The van der Waals surface area contributed by atoms with Crippen molar-refractivity contribution in [2.45, 2.75) is 108 Å². The number of benzene rings is 1. The van der Waals surface area contributed by atoms with Crippen molar-refractivity contribution in [1.82, 2.24) is 9.80 Å². The van der Waals surface area contributed by atoms with Gasteiger partial charge in [-0.1, -0.05) is 64.5 Å². The maximum atomic E-state index is 14.0. The van der Waals surface area contributed by atoms with E-state index < -0.39 is 5.54 Å². The number of esters is 1. The lowest BCUT2D eigenvalue weighted by Crippen LogP contribution is -2.58. The summed E-state index contributed by atoms with van der Waals surface area (Å²) in [6.45, 7) is 4.33. The average Bonchev–Trinajstić information content (AvgIpc) is 3.29. The second kappa shape index (κ2) is 12.3. The van der Waals surface area contributed by atoms with Gasteiger partial charge in [-0.2, -0.15) is 0 Å². The molecule has 37 heavy (non-hydrogen) atoms. The molecule has 2 aliphatic carbocycles. The summed E-state index contributed by atoms with van der Waals surface area (Å²) in [4.78, 5) is 23.2. The molecular formula is C31H48FN3O2. The molecule has 2 saturated carbocycles. The van der Waals surface area contributed by atoms with Gasteiger partial charge in [-0.3, -0.25) is 4.99 Å². The largest absolute Gasteiger partial charge is 0.467 e. The van der Waals surface area contributed by atoms with E-state index in [1.807, 2.05) is 12.4 Å². The lowest BCUT2D eigenvalue weighted by Gasteiger charge is -2.45. The Labute approximate surface area is 223 Å². The van der Waals surface area contributed by atoms with E-state index in [0.29, 0.717) is 17.9 Å². The summed E-state index contributed by atoms with van der Waals surface area (Å²) < 4.78 is 19.5. The summed E-state index contributed by atoms with van der Waals surface area (Å²) in [5.74, 6) is 0.845. The third kappa shape index (κ3) is 5.74. The molecule has 206 valence electrons. The van der Waals surface area contributed by atoms with Gasteiger partial charge in [0.1, 0.15) is 5.82 Å². The minimum absolute atomic E-state index is 0.0624. The molecule has 1 aliphatic heterocycles. The highest BCUT2D eigenvalue weighted by Crippen LogP contribution is 2.46. The van der Waals surface area contributed by atoms with Gasteiger partial charge in [0.15, 0.2) is 5.54 Å². The Balaban J connectivity index is 1.52. The molecule has 0 aromatic heterocycles. The molecule has 1 aromatic rings. The first-order chi connectivity index (χ1) is 17.8. The number of halogens is 1. The van der Waals surface area contributed by atoms with E-state index in [0.717, 1.165) is 44.1 Å². The van der Waals surface area contributed by atoms with Crippen LogP contribution in [0.1, 0.15) is 96.1 Å². The molecule has 1 aromatic carbocycles. The number of carbonyl (C=O) groups excluding carboxylic acids is 1. The van der Waals surface area contributed by atoms with E-state index in [9.17, 15) is 9.18 Å². The lowest BCUT2D eigenvalue weighted by atomic mass is 9.70. The van der Waals surface area contributed by atoms with Gasteiger partial charge in [-0.05, 0) is 81.6 Å². The number of hydrogen-bond acceptors (Lipinski definition) is 5. The molecule has 0 spiro atoms. The summed E-state index contributed by atoms with van der Waals surface area (Å²) >= 11 is 0. The Morgan fingerprint density at radius 1 is 1.16 bits per heavy atom. The van der Waals surface area contributed by atoms with Gasteiger partial charge >= 0.3 is 5.97 Å². The fraction of sp³-hybridized carbons (Fsp3) is 0.742. The van der Waals surface area contributed by atoms with Gasteiger partial charge in [0, 0.05) is 12.1 Å². The van der Waals surface area contributed by atoms with Crippen LogP contribution in [0, 0.1) is 23.6 Å². The van der Waals surface area contributed by atoms with E-state index in [4.69, 9.17) is 9.73 Å². The Morgan fingerprint density at radius 3 is 2.46 bits per heavy atom. The minimum Gasteiger partial charge on any atom is -0.467 e. The Bertz CT molecular complexity index is 923. The van der Waals surface area contributed by atoms with Gasteiger partial charge in [0.25, 0.3) is 0 Å². The SMILES string of the molecule is CCC(C)C1(C(=O)OC)N=CN(C2CCCCC2)C1CC1CCC(C(c2cccc(F)c2)N(C)C)CC1. The highest BCUT2D eigenvalue weighted by molar-refractivity contribution is 5.87. The van der Waals surface area contributed by atoms with Crippen LogP contribution in [0.2, 0.25) is 0 Å². The fourth-order valence-electron chi connectivity index (χ4n) is 7.64. The van der Waals surface area contributed by atoms with Crippen LogP contribution in [-0.4, -0.2) is 60.9 Å². The molecule has 0 amide bonds. The standard InChI is InChI=1S/C31H48FN3O2/c1-6-22(2)31(30(36)37-5)28(35(21-33-31)27-13-8-7-9-14-27)19-23-15-17-24(18-16-23)29(34(3)4)25-11-10-12-26(32)20-25/h10-12,20-24,27-29H,6-9,13-19H2,1-5H3. The van der Waals surface area contributed by atoms with Crippen LogP contribution in [0.3, 0.4) is 0 Å². The summed E-state index contributed by atoms with van der Waals surface area (Å²) in [6.07, 6.45) is 14.6. The smallest absolute Gasteiger partial charge is 0.336 e. The van der Waals surface area contributed by atoms with Gasteiger partial charge < -0.3 is 14.5 Å². The molecule has 0 saturated heterocycles. The third-order valence-electron chi connectivity index (χ3n) is 9.79. The number of nitrogens with zero attached hydrogens (tertiary/aromatic N) is 3. The maximum Gasteiger partial charge on any atom is 0.336 e. The second-order valence-corrected chi connectivity index (χ2v) is 12.1. The monoisotopic (exact) mass is 513 g/mol. The van der Waals surface area contributed by atoms with Crippen molar-refractivity contribution in [3.8, 4) is 0 Å². The third-order valence-corrected chi connectivity index (χ3v) is 9.79. The molecule has 6 heteroatoms. The van der Waals surface area contributed by atoms with Crippen LogP contribution in [0.4, 0.5) is 4.39 Å². The summed E-state index contributed by atoms with van der Waals surface area (Å²) in [5, 5.41) is 0. The molecule has 0 bridgehead atoms. The van der Waals surface area contributed by atoms with Crippen molar-refractivity contribution in [3.63, 3.8) is 0 Å². The summed E-state index contributed by atoms with van der Waals surface area (Å²) in [6, 6.07) is 7.88. The molecule has 4 rings (SSSR count). The van der Waals surface area contributed by atoms with Crippen molar-refractivity contribution in [3.05, 3.63) is 35.6 Å². The zero-order valence-electron chi connectivity index (χ0n) is 23.7. The second-order valence-electron chi connectivity index (χ2n) is 12.1. The first-order valence-electron chi connectivity index (χ1n) is 14.6. The summed E-state index contributed by atoms with van der Waals surface area (Å²) in [5.41, 5.74) is 0.258. The molecular weight excluding hydrogens is 465 g/mol. The minimum atomic E-state index is -0.814. The predicted molar refractivity (Wildman–Crippen MR) is 148 cm³/mol. The molecule has 4 unspecified atom stereocenters. The van der Waals surface area contributed by atoms with Gasteiger partial charge in [-0.15, -0.1) is 0 Å². The highest BCUT2D eigenvalue weighted by atomic mass is 19.1. The van der Waals surface area contributed by atoms with Crippen LogP contribution in [0.25, 0.3) is 0 Å². The number of hydrogen-bond donors (Lipinski definition) is 0. The van der Waals surface area contributed by atoms with Gasteiger partial charge in [0.2, 0.25) is 0 Å². The molecule has 5 nitrogen and oxygen atoms in total. The maximum absolute atomic E-state index is 14.0. The van der Waals surface area contributed by atoms with E-state index in [1.165, 1.54) is 45.3 Å². The van der Waals surface area contributed by atoms with Crippen LogP contribution in [-0.2, 0) is 9.53 Å². The normalized spacial score (nSPS) is 30.5. The molecule has 3 aliphatic rings. The average molecular weight is 514 g/mol. The molecule has 1 heterocycles. The van der Waals surface area contributed by atoms with Crippen molar-refractivity contribution in [2.24, 2.45) is 22.7 Å². The van der Waals surface area contributed by atoms with Gasteiger partial charge in [-0.25, -0.2) is 9.18 Å². The van der Waals surface area contributed by atoms with Crippen LogP contribution in [0.15, 0.2) is 29.3 Å². The highest BCUT2D eigenvalue weighted by Gasteiger charge is 2.56. The molecule has 0 N–H and O–H groups in total. The molecule has 2 fully saturated rings. The lowest BCUT2D eigenvalue weighted by molar-refractivity contribution is -0.151. The Morgan fingerprint density at radius 2 is 1.86 bits per heavy atom. The van der Waals surface area contributed by atoms with Crippen molar-refractivity contribution >= 4 is 12.3 Å². The molecule has 4 atom stereocenters. The fourth-order valence-corrected chi connectivity index (χ4v) is 7.64. The zero-order valence-corrected chi connectivity index (χ0v) is 23.7. The summed E-state index contributed by atoms with van der Waals surface area (Å²) in [7, 11) is 5.73. The number of methoxy groups -OCH3 is 1. The van der Waals surface area contributed by atoms with Crippen LogP contribution >= 0.6 is 0 Å². The number of rotatable bonds is 9. The molecule has 0 radical (unpaired) electrons. The Kier molecular flexibility index (Phi) is 9.31. The number of carbonyl (C=O) groups is 1. The van der Waals surface area contributed by atoms with Gasteiger partial charge in [0.05, 0.1) is 19.5 Å². The Hall–Kier alpha value is -1.95. The van der Waals surface area contributed by atoms with Crippen LogP contribution in [0.5, 0.6) is 0 Å². The zero-order chi connectivity index (χ0) is 26.6. The van der Waals surface area contributed by atoms with Crippen molar-refractivity contribution in [1.29, 1.82) is 0 Å². The van der Waals surface area contributed by atoms with Crippen molar-refractivity contribution in [2.75, 3.05) is 21.2 Å². The van der Waals surface area contributed by atoms with E-state index >= 15 is 0 Å². The first-order valence-corrected chi connectivity index (χ1v) is 14.6. The van der Waals surface area contributed by atoms with E-state index in [-0.39, 0.29) is 29.8 Å². The quantitative estimate of drug-likeness (QED) is 0.348. The topological polar surface area (TPSA) is 45.1 Å². The van der Waals surface area contributed by atoms with E-state index in [2.05, 4.69) is 43.8 Å². The number of ether oxygens (including phenoxy) is 1. The first kappa shape index (κ1) is 28.1. The van der Waals surface area contributed by atoms with E-state index in [1.54, 1.807) is 6.07 Å². The predicted octanol–water partition coefficient (Wildman–Crippen LogP) is 6.63. The van der Waals surface area contributed by atoms with Crippen molar-refractivity contribution < 1.29 is 13.9 Å². The van der Waals surface area contributed by atoms with Crippen LogP contribution < -0.4 is 0 Å².